The molecule has 0 aliphatic carbocycles. The van der Waals surface area contributed by atoms with Crippen LogP contribution in [0.15, 0.2) is 48.5 Å². The number of carbonyl (C=O) groups excluding carboxylic acids is 1. The molecule has 24 heavy (non-hydrogen) atoms. The third-order valence-electron chi connectivity index (χ3n) is 4.37. The molecule has 2 aromatic rings. The molecule has 0 amide bonds. The minimum absolute atomic E-state index is 0.187. The third-order valence-corrected chi connectivity index (χ3v) is 4.71. The minimum Gasteiger partial charge on any atom is -0.464 e. The maximum atomic E-state index is 12.2. The predicted octanol–water partition coefficient (Wildman–Crippen LogP) is 4.00. The van der Waals surface area contributed by atoms with Crippen molar-refractivity contribution >= 4 is 28.9 Å². The highest BCUT2D eigenvalue weighted by atomic mass is 32.1. The Kier molecular flexibility index (Phi) is 4.95. The highest BCUT2D eigenvalue weighted by Crippen LogP contribution is 2.30. The van der Waals surface area contributed by atoms with Crippen molar-refractivity contribution in [2.75, 3.05) is 11.5 Å². The quantitative estimate of drug-likeness (QED) is 0.622. The number of hydrogen-bond acceptors (Lipinski definition) is 3. The molecule has 0 radical (unpaired) electrons. The van der Waals surface area contributed by atoms with Crippen LogP contribution in [-0.4, -0.2) is 23.6 Å². The van der Waals surface area contributed by atoms with Gasteiger partial charge in [-0.05, 0) is 30.5 Å². The van der Waals surface area contributed by atoms with E-state index in [1.165, 1.54) is 0 Å². The maximum Gasteiger partial charge on any atom is 0.329 e. The predicted molar refractivity (Wildman–Crippen MR) is 101 cm³/mol. The summed E-state index contributed by atoms with van der Waals surface area (Å²) in [5.41, 5.74) is 4.41. The lowest BCUT2D eigenvalue weighted by atomic mass is 10.0. The molecule has 1 heterocycles. The summed E-state index contributed by atoms with van der Waals surface area (Å²) in [6.45, 7) is 4.57. The van der Waals surface area contributed by atoms with Gasteiger partial charge in [-0.15, -0.1) is 0 Å². The number of anilines is 1. The average Bonchev–Trinajstić information content (AvgIpc) is 2.97. The van der Waals surface area contributed by atoms with Crippen LogP contribution < -0.4 is 4.90 Å². The van der Waals surface area contributed by atoms with Crippen LogP contribution in [0.4, 0.5) is 5.69 Å². The molecule has 3 rings (SSSR count). The van der Waals surface area contributed by atoms with E-state index >= 15 is 0 Å². The van der Waals surface area contributed by atoms with Gasteiger partial charge in [-0.2, -0.15) is 0 Å². The first-order valence-corrected chi connectivity index (χ1v) is 8.57. The van der Waals surface area contributed by atoms with Crippen molar-refractivity contribution in [1.29, 1.82) is 0 Å². The van der Waals surface area contributed by atoms with E-state index in [9.17, 15) is 4.79 Å². The first kappa shape index (κ1) is 16.7. The molecule has 1 fully saturated rings. The summed E-state index contributed by atoms with van der Waals surface area (Å²) in [5.74, 6) is -0.187. The van der Waals surface area contributed by atoms with E-state index in [0.29, 0.717) is 19.4 Å². The van der Waals surface area contributed by atoms with Gasteiger partial charge in [0.15, 0.2) is 0 Å². The Morgan fingerprint density at radius 2 is 1.79 bits per heavy atom. The normalized spacial score (nSPS) is 16.8. The molecule has 0 saturated carbocycles. The molecule has 4 heteroatoms. The van der Waals surface area contributed by atoms with Crippen LogP contribution in [0.1, 0.15) is 23.1 Å². The number of nitrogens with zero attached hydrogens (tertiary/aromatic N) is 1. The first-order chi connectivity index (χ1) is 11.6. The van der Waals surface area contributed by atoms with Gasteiger partial charge in [-0.3, -0.25) is 0 Å². The topological polar surface area (TPSA) is 29.5 Å². The summed E-state index contributed by atoms with van der Waals surface area (Å²) in [4.78, 5) is 15.0. The molecule has 0 N–H and O–H groups in total. The van der Waals surface area contributed by atoms with E-state index < -0.39 is 0 Å². The average molecular weight is 339 g/mol. The number of hydrogen-bond donors (Lipinski definition) is 0. The fourth-order valence-electron chi connectivity index (χ4n) is 3.22. The fourth-order valence-corrected chi connectivity index (χ4v) is 3.60. The second-order valence-corrected chi connectivity index (χ2v) is 6.61. The van der Waals surface area contributed by atoms with E-state index in [1.807, 2.05) is 29.2 Å². The summed E-state index contributed by atoms with van der Waals surface area (Å²) < 4.78 is 5.21. The summed E-state index contributed by atoms with van der Waals surface area (Å²) in [6.07, 6.45) is 1.30. The van der Waals surface area contributed by atoms with Gasteiger partial charge in [0.25, 0.3) is 0 Å². The number of ether oxygens (including phenoxy) is 1. The van der Waals surface area contributed by atoms with Crippen LogP contribution in [0.25, 0.3) is 0 Å². The molecule has 0 spiro atoms. The number of carbonyl (C=O) groups is 1. The summed E-state index contributed by atoms with van der Waals surface area (Å²) >= 11 is 5.77. The zero-order valence-electron chi connectivity index (χ0n) is 14.0. The summed E-state index contributed by atoms with van der Waals surface area (Å²) in [7, 11) is 0. The second kappa shape index (κ2) is 7.14. The standard InChI is InChI=1S/C20H21NO2S/c1-14-7-6-8-15(2)19(14)21(17-11-12-23-20(17)22)18(24)13-16-9-4-3-5-10-16/h3-10,17H,11-13H2,1-2H3. The fraction of sp³-hybridized carbons (Fsp3) is 0.300. The van der Waals surface area contributed by atoms with Crippen molar-refractivity contribution in [3.63, 3.8) is 0 Å². The van der Waals surface area contributed by atoms with E-state index in [-0.39, 0.29) is 12.0 Å². The second-order valence-electron chi connectivity index (χ2n) is 6.14. The van der Waals surface area contributed by atoms with E-state index in [4.69, 9.17) is 17.0 Å². The number of para-hydroxylation sites is 1. The van der Waals surface area contributed by atoms with Gasteiger partial charge in [-0.1, -0.05) is 60.7 Å². The van der Waals surface area contributed by atoms with Gasteiger partial charge < -0.3 is 9.64 Å². The molecule has 3 nitrogen and oxygen atoms in total. The monoisotopic (exact) mass is 339 g/mol. The highest BCUT2D eigenvalue weighted by Gasteiger charge is 2.35. The number of esters is 1. The van der Waals surface area contributed by atoms with Crippen LogP contribution in [0.5, 0.6) is 0 Å². The van der Waals surface area contributed by atoms with Crippen LogP contribution >= 0.6 is 12.2 Å². The summed E-state index contributed by atoms with van der Waals surface area (Å²) in [6, 6.07) is 15.9. The SMILES string of the molecule is Cc1cccc(C)c1N(C(=S)Cc1ccccc1)C1CCOC1=O. The lowest BCUT2D eigenvalue weighted by Gasteiger charge is -2.32. The Morgan fingerprint density at radius 1 is 1.12 bits per heavy atom. The molecule has 0 aromatic heterocycles. The van der Waals surface area contributed by atoms with E-state index in [1.54, 1.807) is 0 Å². The highest BCUT2D eigenvalue weighted by molar-refractivity contribution is 7.80. The molecule has 124 valence electrons. The van der Waals surface area contributed by atoms with Gasteiger partial charge in [0.05, 0.1) is 11.6 Å². The smallest absolute Gasteiger partial charge is 0.329 e. The third kappa shape index (κ3) is 3.34. The Hall–Kier alpha value is -2.20. The van der Waals surface area contributed by atoms with Crippen molar-refractivity contribution in [3.8, 4) is 0 Å². The van der Waals surface area contributed by atoms with Gasteiger partial charge in [0.2, 0.25) is 0 Å². The molecule has 1 aliphatic rings. The number of rotatable bonds is 4. The summed E-state index contributed by atoms with van der Waals surface area (Å²) in [5, 5.41) is 0. The van der Waals surface area contributed by atoms with Crippen molar-refractivity contribution in [2.45, 2.75) is 32.7 Å². The van der Waals surface area contributed by atoms with Crippen LogP contribution in [-0.2, 0) is 16.0 Å². The Morgan fingerprint density at radius 3 is 2.38 bits per heavy atom. The lowest BCUT2D eigenvalue weighted by Crippen LogP contribution is -2.44. The number of aryl methyl sites for hydroxylation is 2. The number of thiocarbonyl (C=S) groups is 1. The van der Waals surface area contributed by atoms with Gasteiger partial charge in [-0.25, -0.2) is 4.79 Å². The number of benzene rings is 2. The van der Waals surface area contributed by atoms with E-state index in [2.05, 4.69) is 38.1 Å². The maximum absolute atomic E-state index is 12.2. The Labute approximate surface area is 148 Å². The van der Waals surface area contributed by atoms with Gasteiger partial charge in [0, 0.05) is 18.5 Å². The molecule has 1 saturated heterocycles. The molecule has 1 atom stereocenters. The van der Waals surface area contributed by atoms with Crippen molar-refractivity contribution in [2.24, 2.45) is 0 Å². The Balaban J connectivity index is 1.99. The van der Waals surface area contributed by atoms with E-state index in [0.717, 1.165) is 27.4 Å². The van der Waals surface area contributed by atoms with Crippen LogP contribution in [0.2, 0.25) is 0 Å². The van der Waals surface area contributed by atoms with Crippen molar-refractivity contribution < 1.29 is 9.53 Å². The van der Waals surface area contributed by atoms with Gasteiger partial charge in [0.1, 0.15) is 6.04 Å². The van der Waals surface area contributed by atoms with Crippen molar-refractivity contribution in [1.82, 2.24) is 0 Å². The van der Waals surface area contributed by atoms with Crippen molar-refractivity contribution in [3.05, 3.63) is 65.2 Å². The molecule has 0 bridgehead atoms. The van der Waals surface area contributed by atoms with Crippen LogP contribution in [0.3, 0.4) is 0 Å². The first-order valence-electron chi connectivity index (χ1n) is 8.17. The Bertz CT molecular complexity index is 737. The number of cyclic esters (lactones) is 1. The molecular formula is C20H21NO2S. The molecule has 1 aliphatic heterocycles. The van der Waals surface area contributed by atoms with Gasteiger partial charge >= 0.3 is 5.97 Å². The largest absolute Gasteiger partial charge is 0.464 e. The zero-order valence-corrected chi connectivity index (χ0v) is 14.8. The minimum atomic E-state index is -0.332. The molecular weight excluding hydrogens is 318 g/mol. The lowest BCUT2D eigenvalue weighted by molar-refractivity contribution is -0.138. The van der Waals surface area contributed by atoms with Crippen LogP contribution in [0, 0.1) is 13.8 Å². The molecule has 2 aromatic carbocycles. The zero-order chi connectivity index (χ0) is 17.1. The molecule has 1 unspecified atom stereocenters.